The number of furan rings is 1. The molecule has 0 amide bonds. The zero-order valence-corrected chi connectivity index (χ0v) is 17.4. The van der Waals surface area contributed by atoms with Gasteiger partial charge in [0.2, 0.25) is 0 Å². The summed E-state index contributed by atoms with van der Waals surface area (Å²) in [6, 6.07) is 10.5. The summed E-state index contributed by atoms with van der Waals surface area (Å²) in [4.78, 5) is 8.42. The van der Waals surface area contributed by atoms with Crippen LogP contribution in [-0.2, 0) is 6.54 Å². The molecule has 0 aliphatic rings. The molecule has 1 N–H and O–H groups in total. The van der Waals surface area contributed by atoms with Crippen molar-refractivity contribution >= 4 is 29.9 Å². The highest BCUT2D eigenvalue weighted by molar-refractivity contribution is 14.0. The van der Waals surface area contributed by atoms with Gasteiger partial charge in [-0.25, -0.2) is 4.39 Å². The molecule has 0 saturated heterocycles. The van der Waals surface area contributed by atoms with Crippen molar-refractivity contribution in [3.63, 3.8) is 0 Å². The second-order valence-corrected chi connectivity index (χ2v) is 5.91. The first-order valence-electron chi connectivity index (χ1n) is 7.87. The minimum absolute atomic E-state index is 0. The first kappa shape index (κ1) is 21.4. The number of hydrogen-bond donors (Lipinski definition) is 1. The van der Waals surface area contributed by atoms with E-state index in [9.17, 15) is 4.39 Å². The fourth-order valence-electron chi connectivity index (χ4n) is 2.53. The number of benzene rings is 1. The second kappa shape index (κ2) is 10.4. The maximum absolute atomic E-state index is 13.0. The van der Waals surface area contributed by atoms with E-state index < -0.39 is 0 Å². The van der Waals surface area contributed by atoms with Crippen LogP contribution in [0.25, 0.3) is 0 Å². The predicted molar refractivity (Wildman–Crippen MR) is 110 cm³/mol. The first-order valence-corrected chi connectivity index (χ1v) is 7.87. The van der Waals surface area contributed by atoms with Gasteiger partial charge in [0.05, 0.1) is 12.3 Å². The Balaban J connectivity index is 0.00000312. The van der Waals surface area contributed by atoms with Crippen LogP contribution in [0.15, 0.2) is 52.1 Å². The molecule has 7 heteroatoms. The van der Waals surface area contributed by atoms with Gasteiger partial charge in [-0.3, -0.25) is 9.89 Å². The Morgan fingerprint density at radius 1 is 1.20 bits per heavy atom. The maximum Gasteiger partial charge on any atom is 0.193 e. The Morgan fingerprint density at radius 3 is 2.40 bits per heavy atom. The SMILES string of the molecule is CN=C(NCC(c1ccco1)N(C)C)N(C)Cc1ccc(F)cc1.I. The lowest BCUT2D eigenvalue weighted by atomic mass is 10.2. The van der Waals surface area contributed by atoms with Gasteiger partial charge in [0.15, 0.2) is 5.96 Å². The first-order chi connectivity index (χ1) is 11.5. The van der Waals surface area contributed by atoms with E-state index in [1.165, 1.54) is 12.1 Å². The lowest BCUT2D eigenvalue weighted by molar-refractivity contribution is 0.256. The van der Waals surface area contributed by atoms with Gasteiger partial charge in [0, 0.05) is 27.2 Å². The van der Waals surface area contributed by atoms with Crippen LogP contribution in [0.4, 0.5) is 4.39 Å². The van der Waals surface area contributed by atoms with Crippen molar-refractivity contribution in [2.75, 3.05) is 34.7 Å². The molecule has 1 atom stereocenters. The molecule has 0 bridgehead atoms. The Morgan fingerprint density at radius 2 is 1.88 bits per heavy atom. The Hall–Kier alpha value is -1.61. The van der Waals surface area contributed by atoms with E-state index in [0.29, 0.717) is 13.1 Å². The standard InChI is InChI=1S/C18H25FN4O.HI/c1-20-18(23(4)13-14-7-9-15(19)10-8-14)21-12-16(22(2)3)17-6-5-11-24-17;/h5-11,16H,12-13H2,1-4H3,(H,20,21);1H. The average Bonchev–Trinajstić information content (AvgIpc) is 3.07. The third-order valence-corrected chi connectivity index (χ3v) is 3.85. The van der Waals surface area contributed by atoms with E-state index in [1.807, 2.05) is 38.2 Å². The van der Waals surface area contributed by atoms with Gasteiger partial charge in [-0.05, 0) is 43.9 Å². The molecule has 0 aliphatic heterocycles. The molecular formula is C18H26FIN4O. The summed E-state index contributed by atoms with van der Waals surface area (Å²) in [6.45, 7) is 1.31. The third kappa shape index (κ3) is 6.32. The summed E-state index contributed by atoms with van der Waals surface area (Å²) in [7, 11) is 7.73. The number of nitrogens with one attached hydrogen (secondary N) is 1. The fraction of sp³-hybridized carbons (Fsp3) is 0.389. The number of aliphatic imine (C=N–C) groups is 1. The van der Waals surface area contributed by atoms with Crippen molar-refractivity contribution in [1.82, 2.24) is 15.1 Å². The highest BCUT2D eigenvalue weighted by atomic mass is 127. The predicted octanol–water partition coefficient (Wildman–Crippen LogP) is 3.35. The van der Waals surface area contributed by atoms with Gasteiger partial charge >= 0.3 is 0 Å². The Bertz CT molecular complexity index is 644. The number of halogens is 2. The molecule has 0 aliphatic carbocycles. The molecule has 138 valence electrons. The van der Waals surface area contributed by atoms with Gasteiger partial charge in [-0.15, -0.1) is 24.0 Å². The normalized spacial score (nSPS) is 12.6. The molecule has 1 unspecified atom stereocenters. The molecule has 2 aromatic rings. The van der Waals surface area contributed by atoms with Gasteiger partial charge in [0.25, 0.3) is 0 Å². The summed E-state index contributed by atoms with van der Waals surface area (Å²) in [6.07, 6.45) is 1.68. The summed E-state index contributed by atoms with van der Waals surface area (Å²) in [5.41, 5.74) is 1.03. The molecule has 0 saturated carbocycles. The number of nitrogens with zero attached hydrogens (tertiary/aromatic N) is 3. The molecule has 0 spiro atoms. The van der Waals surface area contributed by atoms with Crippen molar-refractivity contribution in [3.8, 4) is 0 Å². The van der Waals surface area contributed by atoms with Crippen LogP contribution in [0.1, 0.15) is 17.4 Å². The van der Waals surface area contributed by atoms with Crippen molar-refractivity contribution in [2.24, 2.45) is 4.99 Å². The molecular weight excluding hydrogens is 434 g/mol. The highest BCUT2D eigenvalue weighted by Crippen LogP contribution is 2.17. The number of hydrogen-bond acceptors (Lipinski definition) is 3. The van der Waals surface area contributed by atoms with Crippen molar-refractivity contribution in [1.29, 1.82) is 0 Å². The third-order valence-electron chi connectivity index (χ3n) is 3.85. The topological polar surface area (TPSA) is 44.0 Å². The van der Waals surface area contributed by atoms with E-state index in [4.69, 9.17) is 4.42 Å². The van der Waals surface area contributed by atoms with E-state index in [1.54, 1.807) is 25.4 Å². The minimum Gasteiger partial charge on any atom is -0.468 e. The van der Waals surface area contributed by atoms with Crippen molar-refractivity contribution < 1.29 is 8.81 Å². The lowest BCUT2D eigenvalue weighted by Gasteiger charge is -2.27. The average molecular weight is 460 g/mol. The van der Waals surface area contributed by atoms with Crippen LogP contribution >= 0.6 is 24.0 Å². The summed E-state index contributed by atoms with van der Waals surface area (Å²) in [5.74, 6) is 1.46. The molecule has 2 rings (SSSR count). The monoisotopic (exact) mass is 460 g/mol. The molecule has 0 fully saturated rings. The smallest absolute Gasteiger partial charge is 0.193 e. The minimum atomic E-state index is -0.226. The van der Waals surface area contributed by atoms with E-state index in [2.05, 4.69) is 15.2 Å². The molecule has 25 heavy (non-hydrogen) atoms. The van der Waals surface area contributed by atoms with Crippen LogP contribution in [0.5, 0.6) is 0 Å². The van der Waals surface area contributed by atoms with Gasteiger partial charge in [0.1, 0.15) is 11.6 Å². The van der Waals surface area contributed by atoms with Crippen LogP contribution < -0.4 is 5.32 Å². The molecule has 0 radical (unpaired) electrons. The second-order valence-electron chi connectivity index (χ2n) is 5.91. The largest absolute Gasteiger partial charge is 0.468 e. The van der Waals surface area contributed by atoms with Crippen molar-refractivity contribution in [2.45, 2.75) is 12.6 Å². The number of guanidine groups is 1. The summed E-state index contributed by atoms with van der Waals surface area (Å²) in [5, 5.41) is 3.37. The molecule has 5 nitrogen and oxygen atoms in total. The number of rotatable bonds is 6. The Kier molecular flexibility index (Phi) is 8.91. The summed E-state index contributed by atoms with van der Waals surface area (Å²) < 4.78 is 18.5. The van der Waals surface area contributed by atoms with E-state index in [-0.39, 0.29) is 35.8 Å². The summed E-state index contributed by atoms with van der Waals surface area (Å²) >= 11 is 0. The van der Waals surface area contributed by atoms with Crippen LogP contribution in [0.3, 0.4) is 0 Å². The van der Waals surface area contributed by atoms with Crippen LogP contribution in [0, 0.1) is 5.82 Å². The fourth-order valence-corrected chi connectivity index (χ4v) is 2.53. The number of likely N-dealkylation sites (N-methyl/N-ethyl adjacent to an activating group) is 1. The molecule has 1 aromatic heterocycles. The van der Waals surface area contributed by atoms with Gasteiger partial charge < -0.3 is 14.6 Å². The zero-order chi connectivity index (χ0) is 17.5. The quantitative estimate of drug-likeness (QED) is 0.408. The zero-order valence-electron chi connectivity index (χ0n) is 15.1. The molecule has 1 aromatic carbocycles. The van der Waals surface area contributed by atoms with E-state index in [0.717, 1.165) is 17.3 Å². The Labute approximate surface area is 165 Å². The van der Waals surface area contributed by atoms with Gasteiger partial charge in [-0.1, -0.05) is 12.1 Å². The highest BCUT2D eigenvalue weighted by Gasteiger charge is 2.18. The van der Waals surface area contributed by atoms with E-state index >= 15 is 0 Å². The van der Waals surface area contributed by atoms with Crippen molar-refractivity contribution in [3.05, 3.63) is 59.8 Å². The lowest BCUT2D eigenvalue weighted by Crippen LogP contribution is -2.42. The van der Waals surface area contributed by atoms with Gasteiger partial charge in [-0.2, -0.15) is 0 Å². The molecule has 1 heterocycles. The van der Waals surface area contributed by atoms with Crippen LogP contribution in [0.2, 0.25) is 0 Å². The van der Waals surface area contributed by atoms with Crippen LogP contribution in [-0.4, -0.2) is 50.5 Å². The maximum atomic E-state index is 13.0.